The summed E-state index contributed by atoms with van der Waals surface area (Å²) in [5.41, 5.74) is 1.77. The minimum atomic E-state index is -0.758. The fourth-order valence-corrected chi connectivity index (χ4v) is 2.61. The number of hydrogen-bond acceptors (Lipinski definition) is 3. The van der Waals surface area contributed by atoms with Crippen LogP contribution in [0.4, 0.5) is 0 Å². The Morgan fingerprint density at radius 3 is 2.36 bits per heavy atom. The van der Waals surface area contributed by atoms with Gasteiger partial charge in [0, 0.05) is 12.6 Å². The maximum absolute atomic E-state index is 12.2. The Bertz CT molecular complexity index is 721. The van der Waals surface area contributed by atoms with Gasteiger partial charge in [-0.05, 0) is 25.1 Å². The van der Waals surface area contributed by atoms with Gasteiger partial charge < -0.3 is 9.64 Å². The van der Waals surface area contributed by atoms with Gasteiger partial charge in [-0.15, -0.1) is 0 Å². The number of ether oxygens (including phenoxy) is 1. The smallest absolute Gasteiger partial charge is 0.238 e. The molecule has 1 heterocycles. The molecule has 0 aromatic heterocycles. The summed E-state index contributed by atoms with van der Waals surface area (Å²) in [6, 6.07) is 14.9. The lowest BCUT2D eigenvalue weighted by Crippen LogP contribution is -2.21. The van der Waals surface area contributed by atoms with Gasteiger partial charge in [0.15, 0.2) is 5.78 Å². The molecule has 3 rings (SSSR count). The van der Waals surface area contributed by atoms with Crippen LogP contribution in [0.1, 0.15) is 17.0 Å². The molecular formula is C18H17NO3. The van der Waals surface area contributed by atoms with Gasteiger partial charge in [0.05, 0.1) is 6.54 Å². The van der Waals surface area contributed by atoms with Gasteiger partial charge >= 0.3 is 0 Å². The summed E-state index contributed by atoms with van der Waals surface area (Å²) >= 11 is 0. The second-order valence-electron chi connectivity index (χ2n) is 5.55. The summed E-state index contributed by atoms with van der Waals surface area (Å²) in [6.45, 7) is 2.16. The third-order valence-electron chi connectivity index (χ3n) is 3.82. The number of ketones is 1. The Morgan fingerprint density at radius 1 is 1.05 bits per heavy atom. The number of amides is 1. The summed E-state index contributed by atoms with van der Waals surface area (Å²) in [6.07, 6.45) is 0. The first-order chi connectivity index (χ1) is 10.6. The van der Waals surface area contributed by atoms with E-state index in [1.54, 1.807) is 19.2 Å². The number of carbonyl (C=O) groups excluding carboxylic acids is 2. The SMILES string of the molecule is Cc1ccc(Oc2ccccc2C2C(=O)CN(C)C2=O)cc1. The van der Waals surface area contributed by atoms with Crippen LogP contribution in [-0.2, 0) is 9.59 Å². The highest BCUT2D eigenvalue weighted by molar-refractivity contribution is 6.13. The number of para-hydroxylation sites is 1. The third kappa shape index (κ3) is 2.60. The van der Waals surface area contributed by atoms with Crippen LogP contribution in [0.25, 0.3) is 0 Å². The topological polar surface area (TPSA) is 46.6 Å². The molecule has 0 saturated carbocycles. The van der Waals surface area contributed by atoms with Crippen LogP contribution in [0.3, 0.4) is 0 Å². The Morgan fingerprint density at radius 2 is 1.73 bits per heavy atom. The molecule has 1 unspecified atom stereocenters. The van der Waals surface area contributed by atoms with Gasteiger partial charge in [0.25, 0.3) is 0 Å². The van der Waals surface area contributed by atoms with Crippen molar-refractivity contribution < 1.29 is 14.3 Å². The number of aryl methyl sites for hydroxylation is 1. The van der Waals surface area contributed by atoms with E-state index in [2.05, 4.69) is 0 Å². The first kappa shape index (κ1) is 14.3. The highest BCUT2D eigenvalue weighted by atomic mass is 16.5. The number of nitrogens with zero attached hydrogens (tertiary/aromatic N) is 1. The molecule has 1 saturated heterocycles. The zero-order valence-electron chi connectivity index (χ0n) is 12.6. The number of hydrogen-bond donors (Lipinski definition) is 0. The minimum absolute atomic E-state index is 0.0903. The molecule has 112 valence electrons. The molecule has 0 spiro atoms. The number of likely N-dealkylation sites (tertiary alicyclic amines) is 1. The van der Waals surface area contributed by atoms with E-state index in [9.17, 15) is 9.59 Å². The molecule has 1 aliphatic rings. The van der Waals surface area contributed by atoms with Gasteiger partial charge in [-0.25, -0.2) is 0 Å². The monoisotopic (exact) mass is 295 g/mol. The molecule has 0 N–H and O–H groups in total. The highest BCUT2D eigenvalue weighted by Gasteiger charge is 2.39. The standard InChI is InChI=1S/C18H17NO3/c1-12-7-9-13(10-8-12)22-16-6-4-3-5-14(16)17-15(20)11-19(2)18(17)21/h3-10,17H,11H2,1-2H3. The molecule has 0 radical (unpaired) electrons. The maximum atomic E-state index is 12.2. The van der Waals surface area contributed by atoms with Gasteiger partial charge in [0.1, 0.15) is 17.4 Å². The molecule has 2 aromatic rings. The van der Waals surface area contributed by atoms with E-state index in [0.717, 1.165) is 5.56 Å². The number of benzene rings is 2. The normalized spacial score (nSPS) is 17.9. The summed E-state index contributed by atoms with van der Waals surface area (Å²) in [5.74, 6) is 0.210. The molecule has 1 atom stereocenters. The average Bonchev–Trinajstić information content (AvgIpc) is 2.75. The lowest BCUT2D eigenvalue weighted by atomic mass is 9.96. The first-order valence-electron chi connectivity index (χ1n) is 7.17. The second kappa shape index (κ2) is 5.64. The van der Waals surface area contributed by atoms with Crippen molar-refractivity contribution in [1.82, 2.24) is 4.90 Å². The molecule has 0 aliphatic carbocycles. The van der Waals surface area contributed by atoms with E-state index in [0.29, 0.717) is 17.1 Å². The Hall–Kier alpha value is -2.62. The van der Waals surface area contributed by atoms with Crippen molar-refractivity contribution in [3.05, 3.63) is 59.7 Å². The summed E-state index contributed by atoms with van der Waals surface area (Å²) in [5, 5.41) is 0. The van der Waals surface area contributed by atoms with Crippen molar-refractivity contribution in [2.45, 2.75) is 12.8 Å². The van der Waals surface area contributed by atoms with E-state index < -0.39 is 5.92 Å². The van der Waals surface area contributed by atoms with Gasteiger partial charge in [-0.2, -0.15) is 0 Å². The number of rotatable bonds is 3. The molecule has 1 amide bonds. The first-order valence-corrected chi connectivity index (χ1v) is 7.17. The maximum Gasteiger partial charge on any atom is 0.238 e. The quantitative estimate of drug-likeness (QED) is 0.818. The largest absolute Gasteiger partial charge is 0.457 e. The van der Waals surface area contributed by atoms with E-state index in [1.807, 2.05) is 43.3 Å². The van der Waals surface area contributed by atoms with Crippen LogP contribution in [0, 0.1) is 6.92 Å². The van der Waals surface area contributed by atoms with Crippen molar-refractivity contribution in [1.29, 1.82) is 0 Å². The lowest BCUT2D eigenvalue weighted by molar-refractivity contribution is -0.128. The predicted molar refractivity (Wildman–Crippen MR) is 83.1 cm³/mol. The summed E-state index contributed by atoms with van der Waals surface area (Å²) in [4.78, 5) is 25.8. The van der Waals surface area contributed by atoms with Crippen molar-refractivity contribution >= 4 is 11.7 Å². The zero-order valence-corrected chi connectivity index (χ0v) is 12.6. The molecule has 4 heteroatoms. The summed E-state index contributed by atoms with van der Waals surface area (Å²) < 4.78 is 5.89. The fraction of sp³-hybridized carbons (Fsp3) is 0.222. The number of Topliss-reactive ketones (excluding diaryl/α,β-unsaturated/α-hetero) is 1. The van der Waals surface area contributed by atoms with E-state index in [1.165, 1.54) is 4.90 Å². The Balaban J connectivity index is 1.95. The third-order valence-corrected chi connectivity index (χ3v) is 3.82. The fourth-order valence-electron chi connectivity index (χ4n) is 2.61. The van der Waals surface area contributed by atoms with E-state index in [4.69, 9.17) is 4.74 Å². The van der Waals surface area contributed by atoms with Crippen molar-refractivity contribution in [3.63, 3.8) is 0 Å². The van der Waals surface area contributed by atoms with E-state index in [-0.39, 0.29) is 18.2 Å². The second-order valence-corrected chi connectivity index (χ2v) is 5.55. The molecule has 1 aliphatic heterocycles. The van der Waals surface area contributed by atoms with Gasteiger partial charge in [0.2, 0.25) is 5.91 Å². The minimum Gasteiger partial charge on any atom is -0.457 e. The van der Waals surface area contributed by atoms with Crippen LogP contribution in [0.5, 0.6) is 11.5 Å². The van der Waals surface area contributed by atoms with Crippen molar-refractivity contribution in [3.8, 4) is 11.5 Å². The number of carbonyl (C=O) groups is 2. The Labute approximate surface area is 129 Å². The average molecular weight is 295 g/mol. The van der Waals surface area contributed by atoms with Crippen LogP contribution < -0.4 is 4.74 Å². The van der Waals surface area contributed by atoms with Gasteiger partial charge in [-0.1, -0.05) is 35.9 Å². The van der Waals surface area contributed by atoms with Crippen LogP contribution >= 0.6 is 0 Å². The predicted octanol–water partition coefficient (Wildman–Crippen LogP) is 2.91. The van der Waals surface area contributed by atoms with Crippen LogP contribution in [-0.4, -0.2) is 30.2 Å². The summed E-state index contributed by atoms with van der Waals surface area (Å²) in [7, 11) is 1.64. The lowest BCUT2D eigenvalue weighted by Gasteiger charge is -2.14. The zero-order chi connectivity index (χ0) is 15.7. The Kier molecular flexibility index (Phi) is 3.67. The molecule has 0 bridgehead atoms. The highest BCUT2D eigenvalue weighted by Crippen LogP contribution is 2.34. The van der Waals surface area contributed by atoms with Crippen molar-refractivity contribution in [2.75, 3.05) is 13.6 Å². The molecule has 2 aromatic carbocycles. The molecule has 1 fully saturated rings. The van der Waals surface area contributed by atoms with Crippen molar-refractivity contribution in [2.24, 2.45) is 0 Å². The van der Waals surface area contributed by atoms with Crippen LogP contribution in [0.15, 0.2) is 48.5 Å². The molecule has 4 nitrogen and oxygen atoms in total. The van der Waals surface area contributed by atoms with Gasteiger partial charge in [-0.3, -0.25) is 9.59 Å². The molecular weight excluding hydrogens is 278 g/mol. The van der Waals surface area contributed by atoms with Crippen LogP contribution in [0.2, 0.25) is 0 Å². The molecule has 22 heavy (non-hydrogen) atoms. The van der Waals surface area contributed by atoms with E-state index >= 15 is 0 Å². The number of likely N-dealkylation sites (N-methyl/N-ethyl adjacent to an activating group) is 1.